The fraction of sp³-hybridized carbons (Fsp3) is 0.286. The molecule has 19 heavy (non-hydrogen) atoms. The summed E-state index contributed by atoms with van der Waals surface area (Å²) in [6.07, 6.45) is 0. The summed E-state index contributed by atoms with van der Waals surface area (Å²) in [4.78, 5) is 1.28. The smallest absolute Gasteiger partial charge is 0.124 e. The van der Waals surface area contributed by atoms with E-state index in [2.05, 4.69) is 63.8 Å². The number of rotatable bonds is 4. The molecule has 1 unspecified atom stereocenters. The molecular formula is C14H14BrFINS. The first kappa shape index (κ1) is 15.4. The molecule has 1 heterocycles. The van der Waals surface area contributed by atoms with E-state index in [1.165, 1.54) is 16.5 Å². The van der Waals surface area contributed by atoms with E-state index in [9.17, 15) is 4.39 Å². The Morgan fingerprint density at radius 1 is 1.37 bits per heavy atom. The maximum absolute atomic E-state index is 13.3. The Labute approximate surface area is 138 Å². The Morgan fingerprint density at radius 2 is 2.11 bits per heavy atom. The fourth-order valence-electron chi connectivity index (χ4n) is 2.07. The Balaban J connectivity index is 2.48. The van der Waals surface area contributed by atoms with Gasteiger partial charge in [-0.3, -0.25) is 0 Å². The van der Waals surface area contributed by atoms with Gasteiger partial charge in [0, 0.05) is 8.45 Å². The molecule has 1 aromatic heterocycles. The van der Waals surface area contributed by atoms with Crippen molar-refractivity contribution in [3.8, 4) is 0 Å². The predicted molar refractivity (Wildman–Crippen MR) is 91.4 cm³/mol. The lowest BCUT2D eigenvalue weighted by molar-refractivity contribution is 0.610. The van der Waals surface area contributed by atoms with Gasteiger partial charge in [-0.1, -0.05) is 13.0 Å². The second-order valence-corrected chi connectivity index (χ2v) is 8.02. The van der Waals surface area contributed by atoms with Gasteiger partial charge >= 0.3 is 0 Å². The molecule has 2 rings (SSSR count). The molecule has 0 saturated carbocycles. The number of thiophene rings is 1. The molecule has 0 radical (unpaired) electrons. The van der Waals surface area contributed by atoms with Crippen LogP contribution in [-0.4, -0.2) is 6.54 Å². The van der Waals surface area contributed by atoms with Gasteiger partial charge in [0.25, 0.3) is 0 Å². The number of benzene rings is 1. The summed E-state index contributed by atoms with van der Waals surface area (Å²) in [6.45, 7) is 5.07. The molecule has 1 nitrogen and oxygen atoms in total. The van der Waals surface area contributed by atoms with Gasteiger partial charge in [-0.15, -0.1) is 11.3 Å². The highest BCUT2D eigenvalue weighted by molar-refractivity contribution is 14.1. The largest absolute Gasteiger partial charge is 0.306 e. The van der Waals surface area contributed by atoms with Crippen LogP contribution in [0, 0.1) is 16.3 Å². The van der Waals surface area contributed by atoms with E-state index in [1.54, 1.807) is 17.4 Å². The third-order valence-electron chi connectivity index (χ3n) is 2.92. The molecule has 0 spiro atoms. The first-order chi connectivity index (χ1) is 9.02. The van der Waals surface area contributed by atoms with Crippen molar-refractivity contribution in [1.29, 1.82) is 0 Å². The zero-order valence-electron chi connectivity index (χ0n) is 10.6. The highest BCUT2D eigenvalue weighted by Crippen LogP contribution is 2.35. The lowest BCUT2D eigenvalue weighted by Gasteiger charge is -2.20. The standard InChI is InChI=1S/C14H14BrFINS/c1-3-18-14(11-7-13(15)19-8(11)2)10-5-4-9(16)6-12(10)17/h4-7,14,18H,3H2,1-2H3. The van der Waals surface area contributed by atoms with Crippen molar-refractivity contribution in [2.24, 2.45) is 0 Å². The minimum atomic E-state index is -0.188. The van der Waals surface area contributed by atoms with Gasteiger partial charge in [-0.05, 0) is 81.3 Å². The van der Waals surface area contributed by atoms with E-state index in [-0.39, 0.29) is 11.9 Å². The summed E-state index contributed by atoms with van der Waals surface area (Å²) in [5, 5.41) is 3.49. The van der Waals surface area contributed by atoms with E-state index in [0.29, 0.717) is 0 Å². The molecule has 5 heteroatoms. The summed E-state index contributed by atoms with van der Waals surface area (Å²) in [7, 11) is 0. The lowest BCUT2D eigenvalue weighted by atomic mass is 9.99. The van der Waals surface area contributed by atoms with Gasteiger partial charge in [-0.2, -0.15) is 0 Å². The lowest BCUT2D eigenvalue weighted by Crippen LogP contribution is -2.23. The van der Waals surface area contributed by atoms with Crippen molar-refractivity contribution in [2.45, 2.75) is 19.9 Å². The van der Waals surface area contributed by atoms with Gasteiger partial charge in [0.15, 0.2) is 0 Å². The minimum Gasteiger partial charge on any atom is -0.306 e. The number of aryl methyl sites for hydroxylation is 1. The molecule has 0 fully saturated rings. The third kappa shape index (κ3) is 3.56. The molecule has 0 aliphatic rings. The SMILES string of the molecule is CCNC(c1ccc(F)cc1I)c1cc(Br)sc1C. The molecule has 1 aromatic carbocycles. The number of nitrogens with one attached hydrogen (secondary N) is 1. The molecular weight excluding hydrogens is 440 g/mol. The van der Waals surface area contributed by atoms with Crippen molar-refractivity contribution < 1.29 is 4.39 Å². The third-order valence-corrected chi connectivity index (χ3v) is 5.42. The molecule has 102 valence electrons. The predicted octanol–water partition coefficient (Wildman–Crippen LogP) is 5.26. The van der Waals surface area contributed by atoms with Crippen LogP contribution in [0.2, 0.25) is 0 Å². The second-order valence-electron chi connectivity index (χ2n) is 4.22. The average Bonchev–Trinajstić information content (AvgIpc) is 2.66. The van der Waals surface area contributed by atoms with Crippen molar-refractivity contribution >= 4 is 49.9 Å². The van der Waals surface area contributed by atoms with Crippen LogP contribution in [0.1, 0.15) is 29.0 Å². The van der Waals surface area contributed by atoms with Crippen LogP contribution >= 0.6 is 49.9 Å². The number of halogens is 3. The first-order valence-corrected chi connectivity index (χ1v) is 8.66. The first-order valence-electron chi connectivity index (χ1n) is 5.97. The summed E-state index contributed by atoms with van der Waals surface area (Å²) in [5.41, 5.74) is 2.38. The van der Waals surface area contributed by atoms with Gasteiger partial charge in [0.2, 0.25) is 0 Å². The normalized spacial score (nSPS) is 12.7. The molecule has 0 aliphatic heterocycles. The van der Waals surface area contributed by atoms with Gasteiger partial charge in [0.1, 0.15) is 5.82 Å². The fourth-order valence-corrected chi connectivity index (χ4v) is 4.61. The summed E-state index contributed by atoms with van der Waals surface area (Å²) < 4.78 is 15.3. The zero-order valence-corrected chi connectivity index (χ0v) is 15.2. The summed E-state index contributed by atoms with van der Waals surface area (Å²) in [6, 6.07) is 7.23. The Bertz CT molecular complexity index is 585. The van der Waals surface area contributed by atoms with Crippen LogP contribution < -0.4 is 5.32 Å². The molecule has 1 N–H and O–H groups in total. The average molecular weight is 454 g/mol. The maximum Gasteiger partial charge on any atom is 0.124 e. The summed E-state index contributed by atoms with van der Waals surface area (Å²) >= 11 is 7.46. The molecule has 1 atom stereocenters. The zero-order chi connectivity index (χ0) is 14.0. The van der Waals surface area contributed by atoms with Crippen LogP contribution in [0.15, 0.2) is 28.1 Å². The highest BCUT2D eigenvalue weighted by atomic mass is 127. The molecule has 2 aromatic rings. The monoisotopic (exact) mass is 453 g/mol. The molecule has 0 saturated heterocycles. The Kier molecular flexibility index (Phi) is 5.39. The van der Waals surface area contributed by atoms with Crippen molar-refractivity contribution in [3.05, 3.63) is 53.4 Å². The Hall–Kier alpha value is 0.0200. The quantitative estimate of drug-likeness (QED) is 0.622. The molecule has 0 bridgehead atoms. The second kappa shape index (κ2) is 6.65. The maximum atomic E-state index is 13.3. The van der Waals surface area contributed by atoms with Crippen LogP contribution in [-0.2, 0) is 0 Å². The van der Waals surface area contributed by atoms with E-state index in [1.807, 2.05) is 6.07 Å². The van der Waals surface area contributed by atoms with Crippen LogP contribution in [0.5, 0.6) is 0 Å². The molecule has 0 aliphatic carbocycles. The van der Waals surface area contributed by atoms with E-state index in [4.69, 9.17) is 0 Å². The minimum absolute atomic E-state index is 0.111. The van der Waals surface area contributed by atoms with E-state index in [0.717, 1.165) is 19.5 Å². The van der Waals surface area contributed by atoms with Gasteiger partial charge in [0.05, 0.1) is 9.83 Å². The van der Waals surface area contributed by atoms with Crippen molar-refractivity contribution in [1.82, 2.24) is 5.32 Å². The molecule has 0 amide bonds. The van der Waals surface area contributed by atoms with E-state index < -0.39 is 0 Å². The Morgan fingerprint density at radius 3 is 2.63 bits per heavy atom. The number of hydrogen-bond donors (Lipinski definition) is 1. The van der Waals surface area contributed by atoms with Crippen LogP contribution in [0.4, 0.5) is 4.39 Å². The van der Waals surface area contributed by atoms with Crippen LogP contribution in [0.3, 0.4) is 0 Å². The van der Waals surface area contributed by atoms with Crippen LogP contribution in [0.25, 0.3) is 0 Å². The summed E-state index contributed by atoms with van der Waals surface area (Å²) in [5.74, 6) is -0.188. The van der Waals surface area contributed by atoms with Crippen molar-refractivity contribution in [3.63, 3.8) is 0 Å². The number of hydrogen-bond acceptors (Lipinski definition) is 2. The topological polar surface area (TPSA) is 12.0 Å². The highest BCUT2D eigenvalue weighted by Gasteiger charge is 2.19. The van der Waals surface area contributed by atoms with Gasteiger partial charge < -0.3 is 5.32 Å². The van der Waals surface area contributed by atoms with Crippen molar-refractivity contribution in [2.75, 3.05) is 6.54 Å². The van der Waals surface area contributed by atoms with Gasteiger partial charge in [-0.25, -0.2) is 4.39 Å². The van der Waals surface area contributed by atoms with E-state index >= 15 is 0 Å².